The van der Waals surface area contributed by atoms with E-state index in [0.717, 1.165) is 38.3 Å². The summed E-state index contributed by atoms with van der Waals surface area (Å²) in [5, 5.41) is 10.4. The number of β-amino-alcohol motifs (C(OH)–C–C–N with tert-alkyl or cyclic N) is 1. The lowest BCUT2D eigenvalue weighted by molar-refractivity contribution is -0.0620. The molecule has 1 N–H and O–H groups in total. The van der Waals surface area contributed by atoms with Crippen LogP contribution in [0.25, 0.3) is 0 Å². The Morgan fingerprint density at radius 1 is 1.24 bits per heavy atom. The minimum absolute atomic E-state index is 0. The van der Waals surface area contributed by atoms with Crippen LogP contribution in [0, 0.1) is 11.3 Å². The van der Waals surface area contributed by atoms with E-state index in [1.807, 2.05) is 0 Å². The number of fused-ring (bicyclic) bond motifs is 1. The molecule has 0 bridgehead atoms. The van der Waals surface area contributed by atoms with Crippen molar-refractivity contribution in [2.24, 2.45) is 11.3 Å². The van der Waals surface area contributed by atoms with E-state index in [4.69, 9.17) is 4.74 Å². The first-order valence-electron chi connectivity index (χ1n) is 9.50. The molecule has 1 saturated carbocycles. The molecular formula is C21H33ClNO2-. The molecule has 1 fully saturated rings. The van der Waals surface area contributed by atoms with Gasteiger partial charge in [0.25, 0.3) is 0 Å². The van der Waals surface area contributed by atoms with E-state index >= 15 is 0 Å². The third-order valence-corrected chi connectivity index (χ3v) is 5.55. The lowest BCUT2D eigenvalue weighted by atomic mass is 9.71. The average molecular weight is 367 g/mol. The molecule has 0 saturated heterocycles. The van der Waals surface area contributed by atoms with Crippen molar-refractivity contribution in [2.75, 3.05) is 19.7 Å². The van der Waals surface area contributed by atoms with Crippen molar-refractivity contribution < 1.29 is 22.3 Å². The van der Waals surface area contributed by atoms with Crippen molar-refractivity contribution in [1.82, 2.24) is 4.90 Å². The first-order chi connectivity index (χ1) is 11.4. The monoisotopic (exact) mass is 366 g/mol. The fourth-order valence-electron chi connectivity index (χ4n) is 4.69. The zero-order chi connectivity index (χ0) is 17.2. The highest BCUT2D eigenvalue weighted by Crippen LogP contribution is 2.39. The second-order valence-corrected chi connectivity index (χ2v) is 8.78. The molecule has 1 aliphatic heterocycles. The van der Waals surface area contributed by atoms with Crippen molar-refractivity contribution >= 4 is 0 Å². The Kier molecular flexibility index (Phi) is 7.33. The third kappa shape index (κ3) is 5.96. The standard InChI is InChI=1S/C21H33NO2.ClH/c1-16-10-20(12-21(2,3)11-16)24-15-19(23)14-22-9-8-17-6-4-5-7-18(17)13-22;/h4-7,16,19-20,23H,8-15H2,1-3H3;1H/p-1. The van der Waals surface area contributed by atoms with E-state index in [2.05, 4.69) is 49.9 Å². The van der Waals surface area contributed by atoms with Crippen molar-refractivity contribution in [1.29, 1.82) is 0 Å². The van der Waals surface area contributed by atoms with Gasteiger partial charge in [0.15, 0.2) is 0 Å². The first-order valence-corrected chi connectivity index (χ1v) is 9.50. The van der Waals surface area contributed by atoms with E-state index in [9.17, 15) is 5.11 Å². The maximum Gasteiger partial charge on any atom is 0.0900 e. The van der Waals surface area contributed by atoms with Crippen LogP contribution in [0.3, 0.4) is 0 Å². The van der Waals surface area contributed by atoms with Gasteiger partial charge < -0.3 is 22.3 Å². The minimum Gasteiger partial charge on any atom is -1.00 e. The van der Waals surface area contributed by atoms with Crippen LogP contribution in [0.15, 0.2) is 24.3 Å². The molecule has 2 aliphatic rings. The smallest absolute Gasteiger partial charge is 0.0900 e. The van der Waals surface area contributed by atoms with E-state index in [1.165, 1.54) is 17.5 Å². The molecule has 0 aromatic heterocycles. The maximum atomic E-state index is 10.4. The topological polar surface area (TPSA) is 32.7 Å². The second-order valence-electron chi connectivity index (χ2n) is 8.78. The fraction of sp³-hybridized carbons (Fsp3) is 0.714. The maximum absolute atomic E-state index is 10.4. The molecule has 0 spiro atoms. The molecule has 3 nitrogen and oxygen atoms in total. The third-order valence-electron chi connectivity index (χ3n) is 5.55. The molecule has 1 aromatic rings. The highest BCUT2D eigenvalue weighted by molar-refractivity contribution is 5.29. The summed E-state index contributed by atoms with van der Waals surface area (Å²) < 4.78 is 6.09. The zero-order valence-corrected chi connectivity index (χ0v) is 16.6. The van der Waals surface area contributed by atoms with Crippen molar-refractivity contribution in [3.05, 3.63) is 35.4 Å². The number of aliphatic hydroxyl groups excluding tert-OH is 1. The van der Waals surface area contributed by atoms with Crippen LogP contribution in [0.5, 0.6) is 0 Å². The Morgan fingerprint density at radius 2 is 1.96 bits per heavy atom. The SMILES string of the molecule is CC1CC(OCC(O)CN2CCc3ccccc3C2)CC(C)(C)C1.[Cl-]. The van der Waals surface area contributed by atoms with Gasteiger partial charge in [-0.3, -0.25) is 4.90 Å². The Morgan fingerprint density at radius 3 is 2.68 bits per heavy atom. The van der Waals surface area contributed by atoms with Crippen LogP contribution in [0.1, 0.15) is 51.2 Å². The Bertz CT molecular complexity index is 548. The summed E-state index contributed by atoms with van der Waals surface area (Å²) in [5.74, 6) is 0.717. The summed E-state index contributed by atoms with van der Waals surface area (Å²) in [7, 11) is 0. The van der Waals surface area contributed by atoms with E-state index in [0.29, 0.717) is 24.7 Å². The summed E-state index contributed by atoms with van der Waals surface area (Å²) in [4.78, 5) is 2.35. The van der Waals surface area contributed by atoms with Crippen LogP contribution in [0.2, 0.25) is 0 Å². The largest absolute Gasteiger partial charge is 1.00 e. The van der Waals surface area contributed by atoms with E-state index in [1.54, 1.807) is 0 Å². The molecule has 3 atom stereocenters. The lowest BCUT2D eigenvalue weighted by Crippen LogP contribution is -3.00. The quantitative estimate of drug-likeness (QED) is 0.830. The van der Waals surface area contributed by atoms with Gasteiger partial charge in [-0.2, -0.15) is 0 Å². The van der Waals surface area contributed by atoms with Gasteiger partial charge in [-0.1, -0.05) is 45.0 Å². The molecule has 0 amide bonds. The molecule has 1 heterocycles. The summed E-state index contributed by atoms with van der Waals surface area (Å²) in [6, 6.07) is 8.64. The first kappa shape index (κ1) is 20.7. The molecule has 4 heteroatoms. The molecule has 3 unspecified atom stereocenters. The Labute approximate surface area is 159 Å². The van der Waals surface area contributed by atoms with Crippen LogP contribution < -0.4 is 12.4 Å². The molecule has 25 heavy (non-hydrogen) atoms. The second kappa shape index (κ2) is 8.85. The Hall–Kier alpha value is -0.610. The lowest BCUT2D eigenvalue weighted by Gasteiger charge is -2.39. The fourth-order valence-corrected chi connectivity index (χ4v) is 4.69. The van der Waals surface area contributed by atoms with Crippen molar-refractivity contribution in [3.63, 3.8) is 0 Å². The van der Waals surface area contributed by atoms with Gasteiger partial charge in [0.2, 0.25) is 0 Å². The van der Waals surface area contributed by atoms with Crippen molar-refractivity contribution in [3.8, 4) is 0 Å². The molecule has 3 rings (SSSR count). The predicted octanol–water partition coefficient (Wildman–Crippen LogP) is 0.641. The average Bonchev–Trinajstić information content (AvgIpc) is 2.51. The summed E-state index contributed by atoms with van der Waals surface area (Å²) >= 11 is 0. The Balaban J connectivity index is 0.00000225. The predicted molar refractivity (Wildman–Crippen MR) is 98.0 cm³/mol. The van der Waals surface area contributed by atoms with Crippen LogP contribution in [-0.4, -0.2) is 41.9 Å². The zero-order valence-electron chi connectivity index (χ0n) is 15.9. The van der Waals surface area contributed by atoms with Gasteiger partial charge in [0.05, 0.1) is 18.8 Å². The molecular weight excluding hydrogens is 334 g/mol. The molecule has 1 aromatic carbocycles. The van der Waals surface area contributed by atoms with E-state index in [-0.39, 0.29) is 12.4 Å². The van der Waals surface area contributed by atoms with Gasteiger partial charge in [0, 0.05) is 19.6 Å². The highest BCUT2D eigenvalue weighted by Gasteiger charge is 2.32. The number of aliphatic hydroxyl groups is 1. The normalized spacial score (nSPS) is 27.2. The van der Waals surface area contributed by atoms with Crippen molar-refractivity contribution in [2.45, 2.75) is 65.2 Å². The highest BCUT2D eigenvalue weighted by atomic mass is 35.5. The number of hydrogen-bond acceptors (Lipinski definition) is 3. The summed E-state index contributed by atoms with van der Waals surface area (Å²) in [6.07, 6.45) is 4.52. The minimum atomic E-state index is -0.393. The van der Waals surface area contributed by atoms with E-state index < -0.39 is 6.10 Å². The van der Waals surface area contributed by atoms with Crippen LogP contribution >= 0.6 is 0 Å². The van der Waals surface area contributed by atoms with Crippen LogP contribution in [0.4, 0.5) is 0 Å². The van der Waals surface area contributed by atoms with Gasteiger partial charge >= 0.3 is 0 Å². The van der Waals surface area contributed by atoms with Gasteiger partial charge in [-0.25, -0.2) is 0 Å². The molecule has 1 aliphatic carbocycles. The molecule has 0 radical (unpaired) electrons. The summed E-state index contributed by atoms with van der Waals surface area (Å²) in [6.45, 7) is 10.1. The van der Waals surface area contributed by atoms with Gasteiger partial charge in [0.1, 0.15) is 0 Å². The summed E-state index contributed by atoms with van der Waals surface area (Å²) in [5.41, 5.74) is 3.22. The number of ether oxygens (including phenoxy) is 1. The number of rotatable bonds is 5. The number of hydrogen-bond donors (Lipinski definition) is 1. The van der Waals surface area contributed by atoms with Crippen LogP contribution in [-0.2, 0) is 17.7 Å². The number of halogens is 1. The number of benzene rings is 1. The molecule has 142 valence electrons. The van der Waals surface area contributed by atoms with Gasteiger partial charge in [-0.15, -0.1) is 0 Å². The van der Waals surface area contributed by atoms with Gasteiger partial charge in [-0.05, 0) is 48.1 Å². The number of nitrogens with zero attached hydrogens (tertiary/aromatic N) is 1.